The maximum atomic E-state index is 13.2. The average Bonchev–Trinajstić information content (AvgIpc) is 2.71. The fraction of sp³-hybridized carbons (Fsp3) is 0.0435. The molecule has 0 unspecified atom stereocenters. The van der Waals surface area contributed by atoms with Gasteiger partial charge < -0.3 is 4.57 Å². The highest BCUT2D eigenvalue weighted by Crippen LogP contribution is 2.18. The summed E-state index contributed by atoms with van der Waals surface area (Å²) in [5.41, 5.74) is 5.01. The second-order valence-corrected chi connectivity index (χ2v) is 6.15. The van der Waals surface area contributed by atoms with E-state index in [-0.39, 0.29) is 5.56 Å². The van der Waals surface area contributed by atoms with Crippen LogP contribution in [0, 0.1) is 0 Å². The molecule has 0 aliphatic carbocycles. The number of hydrogen-bond acceptors (Lipinski definition) is 2. The van der Waals surface area contributed by atoms with Gasteiger partial charge in [0.05, 0.1) is 17.6 Å². The van der Waals surface area contributed by atoms with E-state index in [2.05, 4.69) is 11.6 Å². The van der Waals surface area contributed by atoms with Gasteiger partial charge in [-0.3, -0.25) is 4.79 Å². The lowest BCUT2D eigenvalue weighted by Gasteiger charge is -2.13. The fourth-order valence-corrected chi connectivity index (χ4v) is 3.08. The van der Waals surface area contributed by atoms with Crippen LogP contribution in [0.1, 0.15) is 11.1 Å². The monoisotopic (exact) mass is 338 g/mol. The molecular weight excluding hydrogens is 320 g/mol. The number of hydrogen-bond donors (Lipinski definition) is 0. The second-order valence-electron chi connectivity index (χ2n) is 6.15. The van der Waals surface area contributed by atoms with Gasteiger partial charge in [0.2, 0.25) is 0 Å². The summed E-state index contributed by atoms with van der Waals surface area (Å²) in [5.74, 6) is 0. The number of rotatable bonds is 4. The lowest BCUT2D eigenvalue weighted by Crippen LogP contribution is -2.24. The lowest BCUT2D eigenvalue weighted by atomic mass is 10.1. The van der Waals surface area contributed by atoms with Crippen LogP contribution in [0.5, 0.6) is 0 Å². The average molecular weight is 338 g/mol. The first-order valence-corrected chi connectivity index (χ1v) is 8.52. The van der Waals surface area contributed by atoms with Crippen LogP contribution in [0.2, 0.25) is 0 Å². The Labute approximate surface area is 151 Å². The molecule has 3 nitrogen and oxygen atoms in total. The minimum absolute atomic E-state index is 0.0808. The van der Waals surface area contributed by atoms with Crippen LogP contribution in [0.25, 0.3) is 28.4 Å². The Bertz CT molecular complexity index is 1130. The predicted molar refractivity (Wildman–Crippen MR) is 107 cm³/mol. The summed E-state index contributed by atoms with van der Waals surface area (Å²) < 4.78 is 1.80. The summed E-state index contributed by atoms with van der Waals surface area (Å²) in [6.45, 7) is 4.28. The van der Waals surface area contributed by atoms with Gasteiger partial charge in [0.1, 0.15) is 5.69 Å². The van der Waals surface area contributed by atoms with Crippen molar-refractivity contribution in [3.8, 4) is 11.3 Å². The minimum Gasteiger partial charge on any atom is -0.300 e. The summed E-state index contributed by atoms with van der Waals surface area (Å²) >= 11 is 0. The van der Waals surface area contributed by atoms with Crippen LogP contribution < -0.4 is 5.56 Å². The van der Waals surface area contributed by atoms with Gasteiger partial charge in [0, 0.05) is 5.56 Å². The molecule has 3 aromatic carbocycles. The Morgan fingerprint density at radius 3 is 2.31 bits per heavy atom. The molecule has 26 heavy (non-hydrogen) atoms. The van der Waals surface area contributed by atoms with E-state index in [0.717, 1.165) is 27.7 Å². The first-order valence-electron chi connectivity index (χ1n) is 8.52. The van der Waals surface area contributed by atoms with Crippen LogP contribution in [-0.2, 0) is 6.54 Å². The van der Waals surface area contributed by atoms with Crippen molar-refractivity contribution in [1.82, 2.24) is 9.55 Å². The highest BCUT2D eigenvalue weighted by Gasteiger charge is 2.12. The largest absolute Gasteiger partial charge is 0.300 e. The third-order valence-corrected chi connectivity index (χ3v) is 4.46. The van der Waals surface area contributed by atoms with Crippen LogP contribution in [0.3, 0.4) is 0 Å². The number of para-hydroxylation sites is 2. The van der Waals surface area contributed by atoms with E-state index in [4.69, 9.17) is 0 Å². The summed E-state index contributed by atoms with van der Waals surface area (Å²) in [4.78, 5) is 17.8. The zero-order valence-electron chi connectivity index (χ0n) is 14.3. The van der Waals surface area contributed by atoms with E-state index in [1.165, 1.54) is 0 Å². The summed E-state index contributed by atoms with van der Waals surface area (Å²) in [6.07, 6.45) is 1.81. The molecule has 4 rings (SSSR count). The molecule has 0 aliphatic rings. The van der Waals surface area contributed by atoms with Gasteiger partial charge >= 0.3 is 0 Å². The molecular formula is C23H18N2O. The Balaban J connectivity index is 1.90. The van der Waals surface area contributed by atoms with Gasteiger partial charge in [0.15, 0.2) is 0 Å². The van der Waals surface area contributed by atoms with Crippen molar-refractivity contribution in [2.24, 2.45) is 0 Å². The summed E-state index contributed by atoms with van der Waals surface area (Å²) in [5, 5.41) is 0. The zero-order valence-corrected chi connectivity index (χ0v) is 14.3. The smallest absolute Gasteiger partial charge is 0.277 e. The number of benzene rings is 3. The molecule has 0 atom stereocenters. The number of aromatic nitrogens is 2. The predicted octanol–water partition coefficient (Wildman–Crippen LogP) is 4.75. The summed E-state index contributed by atoms with van der Waals surface area (Å²) in [7, 11) is 0. The molecule has 0 saturated heterocycles. The van der Waals surface area contributed by atoms with Crippen molar-refractivity contribution < 1.29 is 0 Å². The molecule has 126 valence electrons. The molecule has 3 heteroatoms. The van der Waals surface area contributed by atoms with Crippen molar-refractivity contribution in [2.75, 3.05) is 0 Å². The highest BCUT2D eigenvalue weighted by atomic mass is 16.1. The van der Waals surface area contributed by atoms with E-state index in [9.17, 15) is 4.79 Å². The van der Waals surface area contributed by atoms with Gasteiger partial charge in [-0.25, -0.2) is 4.98 Å². The van der Waals surface area contributed by atoms with Gasteiger partial charge in [-0.15, -0.1) is 0 Å². The van der Waals surface area contributed by atoms with Crippen LogP contribution in [-0.4, -0.2) is 9.55 Å². The van der Waals surface area contributed by atoms with Gasteiger partial charge in [-0.2, -0.15) is 0 Å². The molecule has 0 N–H and O–H groups in total. The molecule has 0 saturated carbocycles. The van der Waals surface area contributed by atoms with E-state index < -0.39 is 0 Å². The molecule has 0 spiro atoms. The maximum Gasteiger partial charge on any atom is 0.277 e. The zero-order chi connectivity index (χ0) is 17.9. The van der Waals surface area contributed by atoms with Gasteiger partial charge in [-0.05, 0) is 23.3 Å². The number of fused-ring (bicyclic) bond motifs is 1. The SMILES string of the molecule is C=Cc1ccc(Cn2c(=O)c(-c3ccccc3)nc3ccccc32)cc1. The van der Waals surface area contributed by atoms with Gasteiger partial charge in [-0.1, -0.05) is 79.4 Å². The van der Waals surface area contributed by atoms with Crippen molar-refractivity contribution in [3.63, 3.8) is 0 Å². The third kappa shape index (κ3) is 2.95. The quantitative estimate of drug-likeness (QED) is 0.538. The standard InChI is InChI=1S/C23H18N2O/c1-2-17-12-14-18(15-13-17)16-25-21-11-7-6-10-20(21)24-22(23(25)26)19-8-4-3-5-9-19/h2-15H,1,16H2. The second kappa shape index (κ2) is 6.81. The van der Waals surface area contributed by atoms with Crippen molar-refractivity contribution >= 4 is 17.1 Å². The van der Waals surface area contributed by atoms with E-state index in [1.54, 1.807) is 4.57 Å². The molecule has 0 amide bonds. The molecule has 4 aromatic rings. The first kappa shape index (κ1) is 16.0. The van der Waals surface area contributed by atoms with Crippen LogP contribution in [0.15, 0.2) is 90.2 Å². The normalized spacial score (nSPS) is 10.8. The molecule has 1 heterocycles. The molecule has 0 fully saturated rings. The third-order valence-electron chi connectivity index (χ3n) is 4.46. The summed E-state index contributed by atoms with van der Waals surface area (Å²) in [6, 6.07) is 25.4. The van der Waals surface area contributed by atoms with Crippen LogP contribution >= 0.6 is 0 Å². The molecule has 0 bridgehead atoms. The van der Waals surface area contributed by atoms with Crippen molar-refractivity contribution in [1.29, 1.82) is 0 Å². The highest BCUT2D eigenvalue weighted by molar-refractivity contribution is 5.77. The molecule has 0 radical (unpaired) electrons. The number of nitrogens with zero attached hydrogens (tertiary/aromatic N) is 2. The Morgan fingerprint density at radius 1 is 0.885 bits per heavy atom. The van der Waals surface area contributed by atoms with Crippen LogP contribution in [0.4, 0.5) is 0 Å². The van der Waals surface area contributed by atoms with E-state index >= 15 is 0 Å². The van der Waals surface area contributed by atoms with Crippen molar-refractivity contribution in [2.45, 2.75) is 6.54 Å². The Morgan fingerprint density at radius 2 is 1.58 bits per heavy atom. The minimum atomic E-state index is -0.0808. The lowest BCUT2D eigenvalue weighted by molar-refractivity contribution is 0.789. The molecule has 0 aliphatic heterocycles. The Hall–Kier alpha value is -3.46. The van der Waals surface area contributed by atoms with Crippen molar-refractivity contribution in [3.05, 3.63) is 107 Å². The van der Waals surface area contributed by atoms with E-state index in [1.807, 2.05) is 84.9 Å². The van der Waals surface area contributed by atoms with Gasteiger partial charge in [0.25, 0.3) is 5.56 Å². The first-order chi connectivity index (χ1) is 12.8. The topological polar surface area (TPSA) is 34.9 Å². The van der Waals surface area contributed by atoms with E-state index in [0.29, 0.717) is 12.2 Å². The molecule has 1 aromatic heterocycles. The Kier molecular flexibility index (Phi) is 4.20. The maximum absolute atomic E-state index is 13.2. The fourth-order valence-electron chi connectivity index (χ4n) is 3.08.